The highest BCUT2D eigenvalue weighted by Crippen LogP contribution is 2.30. The van der Waals surface area contributed by atoms with Crippen molar-refractivity contribution in [1.29, 1.82) is 0 Å². The van der Waals surface area contributed by atoms with Gasteiger partial charge in [-0.3, -0.25) is 0 Å². The highest BCUT2D eigenvalue weighted by atomic mass is 35.5. The molecule has 1 N–H and O–H groups in total. The minimum Gasteiger partial charge on any atom is -0.372 e. The van der Waals surface area contributed by atoms with E-state index in [-0.39, 0.29) is 6.10 Å². The van der Waals surface area contributed by atoms with Gasteiger partial charge in [0.2, 0.25) is 0 Å². The molecular formula is C20H20Cl3N3O4S. The van der Waals surface area contributed by atoms with Gasteiger partial charge in [-0.25, -0.2) is 4.98 Å². The number of hydrogen-bond donors (Lipinski definition) is 1. The van der Waals surface area contributed by atoms with E-state index in [1.54, 1.807) is 30.4 Å². The molecule has 1 unspecified atom stereocenters. The Hall–Kier alpha value is -1.97. The van der Waals surface area contributed by atoms with Gasteiger partial charge in [-0.05, 0) is 42.8 Å². The van der Waals surface area contributed by atoms with Crippen LogP contribution >= 0.6 is 46.6 Å². The molecule has 0 aliphatic rings. The molecule has 0 bridgehead atoms. The molecule has 2 aromatic carbocycles. The van der Waals surface area contributed by atoms with Gasteiger partial charge in [0, 0.05) is 50.3 Å². The maximum absolute atomic E-state index is 8.36. The highest BCUT2D eigenvalue weighted by Gasteiger charge is 2.16. The molecular weight excluding hydrogens is 485 g/mol. The van der Waals surface area contributed by atoms with Gasteiger partial charge in [0.15, 0.2) is 0 Å². The molecule has 11 heteroatoms. The van der Waals surface area contributed by atoms with E-state index in [0.29, 0.717) is 23.2 Å². The van der Waals surface area contributed by atoms with Crippen molar-refractivity contribution in [2.24, 2.45) is 0 Å². The molecule has 31 heavy (non-hydrogen) atoms. The lowest BCUT2D eigenvalue weighted by atomic mass is 10.1. The molecule has 3 rings (SSSR count). The van der Waals surface area contributed by atoms with Gasteiger partial charge in [-0.1, -0.05) is 40.9 Å². The van der Waals surface area contributed by atoms with Crippen LogP contribution in [0.25, 0.3) is 0 Å². The molecule has 0 aliphatic heterocycles. The van der Waals surface area contributed by atoms with E-state index in [4.69, 9.17) is 54.9 Å². The average molecular weight is 505 g/mol. The summed E-state index contributed by atoms with van der Waals surface area (Å²) >= 11 is 20.1. The first-order chi connectivity index (χ1) is 14.8. The summed E-state index contributed by atoms with van der Waals surface area (Å²) < 4.78 is 8.15. The van der Waals surface area contributed by atoms with Gasteiger partial charge in [0.05, 0.1) is 12.9 Å². The van der Waals surface area contributed by atoms with Crippen LogP contribution in [0, 0.1) is 10.1 Å². The second-order valence-electron chi connectivity index (χ2n) is 6.18. The van der Waals surface area contributed by atoms with Crippen LogP contribution in [0.15, 0.2) is 66.1 Å². The fourth-order valence-electron chi connectivity index (χ4n) is 2.60. The van der Waals surface area contributed by atoms with Gasteiger partial charge < -0.3 is 14.5 Å². The Morgan fingerprint density at radius 3 is 2.45 bits per heavy atom. The zero-order chi connectivity index (χ0) is 22.6. The molecule has 166 valence electrons. The van der Waals surface area contributed by atoms with E-state index < -0.39 is 5.09 Å². The molecule has 0 radical (unpaired) electrons. The van der Waals surface area contributed by atoms with Crippen LogP contribution in [-0.4, -0.2) is 32.2 Å². The van der Waals surface area contributed by atoms with Crippen molar-refractivity contribution in [1.82, 2.24) is 9.55 Å². The quantitative estimate of drug-likeness (QED) is 0.156. The summed E-state index contributed by atoms with van der Waals surface area (Å²) in [4.78, 5) is 13.7. The number of aromatic nitrogens is 2. The highest BCUT2D eigenvalue weighted by molar-refractivity contribution is 7.99. The molecule has 0 fully saturated rings. The first kappa shape index (κ1) is 25.3. The Labute approximate surface area is 199 Å². The first-order valence-corrected chi connectivity index (χ1v) is 11.2. The third-order valence-corrected chi connectivity index (χ3v) is 5.85. The minimum atomic E-state index is -1.50. The van der Waals surface area contributed by atoms with E-state index in [9.17, 15) is 0 Å². The van der Waals surface area contributed by atoms with Gasteiger partial charge in [-0.2, -0.15) is 0 Å². The Morgan fingerprint density at radius 2 is 1.84 bits per heavy atom. The maximum Gasteiger partial charge on any atom is 0.291 e. The van der Waals surface area contributed by atoms with Crippen molar-refractivity contribution >= 4 is 46.6 Å². The van der Waals surface area contributed by atoms with Gasteiger partial charge >= 0.3 is 0 Å². The van der Waals surface area contributed by atoms with Crippen LogP contribution in [0.3, 0.4) is 0 Å². The molecule has 3 aromatic rings. The van der Waals surface area contributed by atoms with Gasteiger partial charge in [-0.15, -0.1) is 21.9 Å². The summed E-state index contributed by atoms with van der Waals surface area (Å²) in [6, 6.07) is 13.4. The molecule has 0 aliphatic carbocycles. The predicted molar refractivity (Wildman–Crippen MR) is 123 cm³/mol. The van der Waals surface area contributed by atoms with Crippen LogP contribution in [-0.2, 0) is 11.3 Å². The van der Waals surface area contributed by atoms with E-state index >= 15 is 0 Å². The largest absolute Gasteiger partial charge is 0.372 e. The van der Waals surface area contributed by atoms with Crippen molar-refractivity contribution in [2.45, 2.75) is 24.0 Å². The second kappa shape index (κ2) is 13.4. The Bertz CT molecular complexity index is 939. The van der Waals surface area contributed by atoms with Crippen LogP contribution < -0.4 is 0 Å². The van der Waals surface area contributed by atoms with Gasteiger partial charge in [0.25, 0.3) is 5.09 Å². The lowest BCUT2D eigenvalue weighted by Gasteiger charge is -2.20. The van der Waals surface area contributed by atoms with Crippen LogP contribution in [0.5, 0.6) is 0 Å². The summed E-state index contributed by atoms with van der Waals surface area (Å²) in [5.74, 6) is 0.966. The monoisotopic (exact) mass is 503 g/mol. The maximum atomic E-state index is 8.36. The summed E-state index contributed by atoms with van der Waals surface area (Å²) in [6.07, 6.45) is 6.21. The lowest BCUT2D eigenvalue weighted by Crippen LogP contribution is -2.13. The average Bonchev–Trinajstić information content (AvgIpc) is 3.21. The number of nitrogens with zero attached hydrogens (tertiary/aromatic N) is 3. The number of hydrogen-bond acceptors (Lipinski definition) is 5. The van der Waals surface area contributed by atoms with Gasteiger partial charge in [0.1, 0.15) is 6.10 Å². The second-order valence-corrected chi connectivity index (χ2v) is 8.63. The van der Waals surface area contributed by atoms with Crippen LogP contribution in [0.4, 0.5) is 0 Å². The van der Waals surface area contributed by atoms with Crippen molar-refractivity contribution in [2.75, 3.05) is 12.4 Å². The van der Waals surface area contributed by atoms with Crippen molar-refractivity contribution in [3.05, 3.63) is 91.9 Å². The smallest absolute Gasteiger partial charge is 0.291 e. The molecule has 0 spiro atoms. The molecule has 0 saturated heterocycles. The normalized spacial score (nSPS) is 11.5. The zero-order valence-electron chi connectivity index (χ0n) is 16.2. The Balaban J connectivity index is 0.000000785. The molecule has 0 saturated carbocycles. The fraction of sp³-hybridized carbons (Fsp3) is 0.250. The third kappa shape index (κ3) is 9.80. The lowest BCUT2D eigenvalue weighted by molar-refractivity contribution is -0.742. The zero-order valence-corrected chi connectivity index (χ0v) is 19.3. The topological polar surface area (TPSA) is 90.4 Å². The summed E-state index contributed by atoms with van der Waals surface area (Å²) in [5, 5.41) is 15.6. The standard InChI is InChI=1S/C20H19Cl3N2OS.HNO3/c21-15-2-5-17(6-3-15)27-11-1-10-26-20(13-25-9-8-24-14-25)18-7-4-16(22)12-19(18)23;2-1(3)4/h2-9,12,14,20H,1,10-11,13H2;(H,2,3,4). The van der Waals surface area contributed by atoms with Crippen LogP contribution in [0.2, 0.25) is 15.1 Å². The summed E-state index contributed by atoms with van der Waals surface area (Å²) in [7, 11) is 0. The number of benzene rings is 2. The predicted octanol–water partition coefficient (Wildman–Crippen LogP) is 6.44. The van der Waals surface area contributed by atoms with E-state index in [0.717, 1.165) is 22.8 Å². The van der Waals surface area contributed by atoms with Crippen molar-refractivity contribution < 1.29 is 15.0 Å². The number of ether oxygens (including phenoxy) is 1. The number of thioether (sulfide) groups is 1. The van der Waals surface area contributed by atoms with Crippen molar-refractivity contribution in [3.63, 3.8) is 0 Å². The molecule has 1 atom stereocenters. The Morgan fingerprint density at radius 1 is 1.16 bits per heavy atom. The minimum absolute atomic E-state index is 0.163. The number of imidazole rings is 1. The summed E-state index contributed by atoms with van der Waals surface area (Å²) in [5.41, 5.74) is 0.931. The van der Waals surface area contributed by atoms with E-state index in [1.165, 1.54) is 4.90 Å². The molecule has 1 heterocycles. The number of halogens is 3. The fourth-order valence-corrected chi connectivity index (χ4v) is 4.08. The molecule has 7 nitrogen and oxygen atoms in total. The number of rotatable bonds is 9. The Kier molecular flexibility index (Phi) is 11.0. The third-order valence-electron chi connectivity index (χ3n) is 3.94. The first-order valence-electron chi connectivity index (χ1n) is 9.09. The van der Waals surface area contributed by atoms with E-state index in [2.05, 4.69) is 4.98 Å². The van der Waals surface area contributed by atoms with Crippen LogP contribution in [0.1, 0.15) is 18.1 Å². The van der Waals surface area contributed by atoms with Crippen molar-refractivity contribution in [3.8, 4) is 0 Å². The molecule has 1 aromatic heterocycles. The summed E-state index contributed by atoms with van der Waals surface area (Å²) in [6.45, 7) is 1.28. The molecule has 0 amide bonds. The SMILES string of the molecule is Clc1ccc(SCCCOC(Cn2ccnc2)c2ccc(Cl)cc2Cl)cc1.O=[N+]([O-])O. The van der Waals surface area contributed by atoms with E-state index in [1.807, 2.05) is 47.2 Å².